The average Bonchev–Trinajstić information content (AvgIpc) is 2.65. The largest absolute Gasteiger partial charge is 0.358 e. The predicted octanol–water partition coefficient (Wildman–Crippen LogP) is 2.22. The topological polar surface area (TPSA) is 29.9 Å². The molecule has 1 heterocycles. The Morgan fingerprint density at radius 2 is 2.21 bits per heavy atom. The lowest BCUT2D eigenvalue weighted by Gasteiger charge is -2.07. The number of hydrogen-bond donors (Lipinski definition) is 1. The summed E-state index contributed by atoms with van der Waals surface area (Å²) in [4.78, 5) is 4.19. The fourth-order valence-corrected chi connectivity index (χ4v) is 1.47. The molecule has 1 aromatic heterocycles. The molecule has 14 heavy (non-hydrogen) atoms. The van der Waals surface area contributed by atoms with Gasteiger partial charge in [0.05, 0.1) is 0 Å². The van der Waals surface area contributed by atoms with Crippen molar-refractivity contribution in [2.24, 2.45) is 0 Å². The van der Waals surface area contributed by atoms with Gasteiger partial charge in [-0.25, -0.2) is 4.98 Å². The van der Waals surface area contributed by atoms with Gasteiger partial charge >= 0.3 is 0 Å². The zero-order valence-corrected chi connectivity index (χ0v) is 8.36. The molecule has 0 aliphatic rings. The van der Waals surface area contributed by atoms with E-state index in [-0.39, 0.29) is 0 Å². The second-order valence-corrected chi connectivity index (χ2v) is 3.21. The van der Waals surface area contributed by atoms with Crippen LogP contribution in [0.2, 0.25) is 0 Å². The van der Waals surface area contributed by atoms with Crippen LogP contribution in [0, 0.1) is 6.92 Å². The van der Waals surface area contributed by atoms with Crippen LogP contribution in [0.15, 0.2) is 36.7 Å². The third-order valence-corrected chi connectivity index (χ3v) is 2.14. The van der Waals surface area contributed by atoms with Crippen molar-refractivity contribution in [2.45, 2.75) is 6.92 Å². The Labute approximate surface area is 83.4 Å². The molecule has 72 valence electrons. The lowest BCUT2D eigenvalue weighted by molar-refractivity contribution is 1.05. The second-order valence-electron chi connectivity index (χ2n) is 3.21. The van der Waals surface area contributed by atoms with Gasteiger partial charge in [0.2, 0.25) is 5.95 Å². The molecule has 0 bridgehead atoms. The molecule has 0 fully saturated rings. The molecule has 3 nitrogen and oxygen atoms in total. The van der Waals surface area contributed by atoms with E-state index in [0.29, 0.717) is 0 Å². The fraction of sp³-hybridized carbons (Fsp3) is 0.182. The Balaban J connectivity index is 2.49. The number of rotatable bonds is 2. The van der Waals surface area contributed by atoms with E-state index in [9.17, 15) is 0 Å². The molecule has 0 atom stereocenters. The van der Waals surface area contributed by atoms with E-state index in [0.717, 1.165) is 11.6 Å². The van der Waals surface area contributed by atoms with Crippen molar-refractivity contribution in [3.63, 3.8) is 0 Å². The van der Waals surface area contributed by atoms with Crippen LogP contribution in [0.4, 0.5) is 5.95 Å². The summed E-state index contributed by atoms with van der Waals surface area (Å²) in [7, 11) is 1.87. The van der Waals surface area contributed by atoms with E-state index in [1.54, 1.807) is 6.20 Å². The van der Waals surface area contributed by atoms with E-state index in [4.69, 9.17) is 0 Å². The Kier molecular flexibility index (Phi) is 2.23. The van der Waals surface area contributed by atoms with E-state index in [1.165, 1.54) is 5.56 Å². The van der Waals surface area contributed by atoms with Crippen LogP contribution in [0.25, 0.3) is 5.69 Å². The minimum Gasteiger partial charge on any atom is -0.358 e. The van der Waals surface area contributed by atoms with Crippen molar-refractivity contribution in [3.8, 4) is 5.69 Å². The predicted molar refractivity (Wildman–Crippen MR) is 57.8 cm³/mol. The quantitative estimate of drug-likeness (QED) is 0.781. The lowest BCUT2D eigenvalue weighted by atomic mass is 10.2. The number of aromatic nitrogens is 2. The zero-order valence-electron chi connectivity index (χ0n) is 8.36. The normalized spacial score (nSPS) is 10.1. The summed E-state index contributed by atoms with van der Waals surface area (Å²) in [6.07, 6.45) is 3.73. The highest BCUT2D eigenvalue weighted by Crippen LogP contribution is 2.14. The first kappa shape index (κ1) is 8.81. The van der Waals surface area contributed by atoms with Crippen LogP contribution in [0.5, 0.6) is 0 Å². The molecule has 0 saturated carbocycles. The summed E-state index contributed by atoms with van der Waals surface area (Å²) >= 11 is 0. The maximum Gasteiger partial charge on any atom is 0.207 e. The first-order valence-corrected chi connectivity index (χ1v) is 4.59. The molecule has 3 heteroatoms. The SMILES string of the molecule is CNc1nccn1-c1cccc(C)c1. The Bertz CT molecular complexity index is 432. The van der Waals surface area contributed by atoms with E-state index in [1.807, 2.05) is 23.9 Å². The van der Waals surface area contributed by atoms with E-state index in [2.05, 4.69) is 35.4 Å². The minimum absolute atomic E-state index is 0.857. The summed E-state index contributed by atoms with van der Waals surface area (Å²) in [6.45, 7) is 2.08. The number of nitrogens with zero attached hydrogens (tertiary/aromatic N) is 2. The molecular formula is C11H13N3. The van der Waals surface area contributed by atoms with Gasteiger partial charge in [-0.1, -0.05) is 12.1 Å². The molecule has 0 aliphatic heterocycles. The maximum absolute atomic E-state index is 4.19. The zero-order chi connectivity index (χ0) is 9.97. The third kappa shape index (κ3) is 1.48. The van der Waals surface area contributed by atoms with Gasteiger partial charge in [0, 0.05) is 25.1 Å². The lowest BCUT2D eigenvalue weighted by Crippen LogP contribution is -2.00. The van der Waals surface area contributed by atoms with E-state index < -0.39 is 0 Å². The van der Waals surface area contributed by atoms with Gasteiger partial charge in [-0.15, -0.1) is 0 Å². The average molecular weight is 187 g/mol. The van der Waals surface area contributed by atoms with Crippen molar-refractivity contribution in [1.82, 2.24) is 9.55 Å². The number of hydrogen-bond acceptors (Lipinski definition) is 2. The third-order valence-electron chi connectivity index (χ3n) is 2.14. The van der Waals surface area contributed by atoms with Crippen molar-refractivity contribution < 1.29 is 0 Å². The molecule has 0 amide bonds. The smallest absolute Gasteiger partial charge is 0.207 e. The summed E-state index contributed by atoms with van der Waals surface area (Å²) in [5.41, 5.74) is 2.38. The monoisotopic (exact) mass is 187 g/mol. The number of benzene rings is 1. The number of imidazole rings is 1. The molecule has 2 aromatic rings. The van der Waals surface area contributed by atoms with Crippen molar-refractivity contribution >= 4 is 5.95 Å². The molecule has 0 aliphatic carbocycles. The van der Waals surface area contributed by atoms with Crippen LogP contribution in [0.3, 0.4) is 0 Å². The van der Waals surface area contributed by atoms with Crippen molar-refractivity contribution in [2.75, 3.05) is 12.4 Å². The van der Waals surface area contributed by atoms with Gasteiger partial charge in [0.1, 0.15) is 0 Å². The first-order valence-electron chi connectivity index (χ1n) is 4.59. The summed E-state index contributed by atoms with van der Waals surface area (Å²) in [5.74, 6) is 0.857. The summed E-state index contributed by atoms with van der Waals surface area (Å²) in [5, 5.41) is 3.05. The maximum atomic E-state index is 4.19. The number of nitrogens with one attached hydrogen (secondary N) is 1. The Hall–Kier alpha value is -1.77. The fourth-order valence-electron chi connectivity index (χ4n) is 1.47. The second kappa shape index (κ2) is 3.54. The van der Waals surface area contributed by atoms with Gasteiger partial charge in [0.15, 0.2) is 0 Å². The number of anilines is 1. The molecule has 0 saturated heterocycles. The van der Waals surface area contributed by atoms with Crippen LogP contribution in [0.1, 0.15) is 5.56 Å². The summed E-state index contributed by atoms with van der Waals surface area (Å²) < 4.78 is 2.02. The van der Waals surface area contributed by atoms with Crippen molar-refractivity contribution in [1.29, 1.82) is 0 Å². The standard InChI is InChI=1S/C11H13N3/c1-9-4-3-5-10(8-9)14-7-6-13-11(14)12-2/h3-8H,1-2H3,(H,12,13). The van der Waals surface area contributed by atoms with Crippen molar-refractivity contribution in [3.05, 3.63) is 42.2 Å². The van der Waals surface area contributed by atoms with E-state index >= 15 is 0 Å². The summed E-state index contributed by atoms with van der Waals surface area (Å²) in [6, 6.07) is 8.32. The van der Waals surface area contributed by atoms with Crippen LogP contribution in [-0.2, 0) is 0 Å². The van der Waals surface area contributed by atoms with Crippen LogP contribution < -0.4 is 5.32 Å². The van der Waals surface area contributed by atoms with Gasteiger partial charge in [-0.3, -0.25) is 4.57 Å². The highest BCUT2D eigenvalue weighted by molar-refractivity contribution is 5.42. The van der Waals surface area contributed by atoms with Gasteiger partial charge < -0.3 is 5.32 Å². The molecule has 2 rings (SSSR count). The molecule has 0 spiro atoms. The Morgan fingerprint density at radius 3 is 2.93 bits per heavy atom. The highest BCUT2D eigenvalue weighted by Gasteiger charge is 2.01. The molecule has 1 aromatic carbocycles. The highest BCUT2D eigenvalue weighted by atomic mass is 15.2. The molecule has 0 unspecified atom stereocenters. The first-order chi connectivity index (χ1) is 6.81. The Morgan fingerprint density at radius 1 is 1.36 bits per heavy atom. The molecular weight excluding hydrogens is 174 g/mol. The minimum atomic E-state index is 0.857. The van der Waals surface area contributed by atoms with Crippen LogP contribution in [-0.4, -0.2) is 16.6 Å². The molecule has 0 radical (unpaired) electrons. The number of aryl methyl sites for hydroxylation is 1. The van der Waals surface area contributed by atoms with Gasteiger partial charge in [-0.05, 0) is 24.6 Å². The molecule has 1 N–H and O–H groups in total. The van der Waals surface area contributed by atoms with Crippen LogP contribution >= 0.6 is 0 Å². The van der Waals surface area contributed by atoms with Gasteiger partial charge in [-0.2, -0.15) is 0 Å². The van der Waals surface area contributed by atoms with Gasteiger partial charge in [0.25, 0.3) is 0 Å².